The number of carbonyl (C=O) groups excluding carboxylic acids is 2. The number of nitrogens with zero attached hydrogens (tertiary/aromatic N) is 1. The van der Waals surface area contributed by atoms with Gasteiger partial charge in [0.2, 0.25) is 0 Å². The highest BCUT2D eigenvalue weighted by molar-refractivity contribution is 5.84. The summed E-state index contributed by atoms with van der Waals surface area (Å²) in [5.74, 6) is -1.47. The molecule has 110 valence electrons. The summed E-state index contributed by atoms with van der Waals surface area (Å²) in [5.41, 5.74) is 0. The first-order valence-corrected chi connectivity index (χ1v) is 6.27. The van der Waals surface area contributed by atoms with Gasteiger partial charge in [0.05, 0.1) is 6.61 Å². The predicted molar refractivity (Wildman–Crippen MR) is 70.8 cm³/mol. The van der Waals surface area contributed by atoms with Gasteiger partial charge in [-0.15, -0.1) is 0 Å². The first-order valence-electron chi connectivity index (χ1n) is 6.27. The Hall–Kier alpha value is -2.11. The van der Waals surface area contributed by atoms with Gasteiger partial charge in [-0.25, -0.2) is 4.39 Å². The van der Waals surface area contributed by atoms with E-state index in [4.69, 9.17) is 9.47 Å². The van der Waals surface area contributed by atoms with Gasteiger partial charge in [0.1, 0.15) is 6.54 Å². The van der Waals surface area contributed by atoms with Gasteiger partial charge in [0, 0.05) is 7.05 Å². The van der Waals surface area contributed by atoms with E-state index in [1.165, 1.54) is 37.1 Å². The first-order chi connectivity index (χ1) is 9.45. The molecule has 1 unspecified atom stereocenters. The molecule has 0 heterocycles. The molecule has 0 saturated heterocycles. The Morgan fingerprint density at radius 3 is 2.60 bits per heavy atom. The number of halogens is 1. The van der Waals surface area contributed by atoms with Crippen LogP contribution in [0.25, 0.3) is 0 Å². The third-order valence-corrected chi connectivity index (χ3v) is 2.54. The molecular formula is C14H18FNO4. The van der Waals surface area contributed by atoms with Gasteiger partial charge in [-0.2, -0.15) is 0 Å². The Labute approximate surface area is 117 Å². The van der Waals surface area contributed by atoms with Crippen LogP contribution in [0.5, 0.6) is 5.75 Å². The van der Waals surface area contributed by atoms with Gasteiger partial charge < -0.3 is 14.4 Å². The van der Waals surface area contributed by atoms with Crippen molar-refractivity contribution >= 4 is 11.9 Å². The molecule has 0 spiro atoms. The topological polar surface area (TPSA) is 55.8 Å². The standard InChI is InChI=1S/C14H18FNO4/c1-4-19-13(17)9-16(3)14(18)10(2)20-12-8-6-5-7-11(12)15/h5-8,10H,4,9H2,1-3H3. The third-order valence-electron chi connectivity index (χ3n) is 2.54. The van der Waals surface area contributed by atoms with Gasteiger partial charge in [-0.1, -0.05) is 12.1 Å². The Kier molecular flexibility index (Phi) is 5.96. The lowest BCUT2D eigenvalue weighted by molar-refractivity contribution is -0.150. The molecule has 0 aliphatic rings. The molecule has 0 N–H and O–H groups in total. The SMILES string of the molecule is CCOC(=O)CN(C)C(=O)C(C)Oc1ccccc1F. The Morgan fingerprint density at radius 1 is 1.35 bits per heavy atom. The summed E-state index contributed by atoms with van der Waals surface area (Å²) in [6.45, 7) is 3.26. The minimum Gasteiger partial charge on any atom is -0.478 e. The van der Waals surface area contributed by atoms with E-state index in [1.54, 1.807) is 13.0 Å². The summed E-state index contributed by atoms with van der Waals surface area (Å²) < 4.78 is 23.4. The molecule has 0 aromatic heterocycles. The number of para-hydroxylation sites is 1. The zero-order valence-electron chi connectivity index (χ0n) is 11.8. The summed E-state index contributed by atoms with van der Waals surface area (Å²) in [6.07, 6.45) is -0.897. The highest BCUT2D eigenvalue weighted by atomic mass is 19.1. The summed E-state index contributed by atoms with van der Waals surface area (Å²) in [5, 5.41) is 0. The Morgan fingerprint density at radius 2 is 2.00 bits per heavy atom. The number of hydrogen-bond donors (Lipinski definition) is 0. The fourth-order valence-corrected chi connectivity index (χ4v) is 1.57. The van der Waals surface area contributed by atoms with Crippen molar-refractivity contribution in [1.29, 1.82) is 0 Å². The average molecular weight is 283 g/mol. The average Bonchev–Trinajstić information content (AvgIpc) is 2.40. The normalized spacial score (nSPS) is 11.6. The fourth-order valence-electron chi connectivity index (χ4n) is 1.57. The van der Waals surface area contributed by atoms with Crippen LogP contribution in [0.15, 0.2) is 24.3 Å². The third kappa shape index (κ3) is 4.53. The minimum absolute atomic E-state index is 0.00196. The van der Waals surface area contributed by atoms with Crippen LogP contribution in [0, 0.1) is 5.82 Å². The van der Waals surface area contributed by atoms with E-state index < -0.39 is 23.8 Å². The second kappa shape index (κ2) is 7.47. The highest BCUT2D eigenvalue weighted by Gasteiger charge is 2.22. The van der Waals surface area contributed by atoms with Crippen molar-refractivity contribution in [1.82, 2.24) is 4.90 Å². The van der Waals surface area contributed by atoms with E-state index >= 15 is 0 Å². The number of ether oxygens (including phenoxy) is 2. The van der Waals surface area contributed by atoms with Crippen LogP contribution in [0.4, 0.5) is 4.39 Å². The van der Waals surface area contributed by atoms with E-state index in [-0.39, 0.29) is 18.9 Å². The molecule has 0 fully saturated rings. The summed E-state index contributed by atoms with van der Waals surface area (Å²) in [7, 11) is 1.46. The van der Waals surface area contributed by atoms with Crippen LogP contribution in [-0.4, -0.2) is 43.1 Å². The lowest BCUT2D eigenvalue weighted by Crippen LogP contribution is -2.41. The summed E-state index contributed by atoms with van der Waals surface area (Å²) >= 11 is 0. The molecule has 1 atom stereocenters. The van der Waals surface area contributed by atoms with Gasteiger partial charge in [-0.05, 0) is 26.0 Å². The minimum atomic E-state index is -0.897. The van der Waals surface area contributed by atoms with Gasteiger partial charge in [-0.3, -0.25) is 9.59 Å². The summed E-state index contributed by atoms with van der Waals surface area (Å²) in [4.78, 5) is 24.4. The van der Waals surface area contributed by atoms with Crippen molar-refractivity contribution in [3.63, 3.8) is 0 Å². The lowest BCUT2D eigenvalue weighted by Gasteiger charge is -2.21. The number of rotatable bonds is 6. The number of amides is 1. The van der Waals surface area contributed by atoms with E-state index in [9.17, 15) is 14.0 Å². The highest BCUT2D eigenvalue weighted by Crippen LogP contribution is 2.17. The molecule has 0 radical (unpaired) electrons. The molecule has 0 aliphatic carbocycles. The molecule has 1 aromatic carbocycles. The monoisotopic (exact) mass is 283 g/mol. The van der Waals surface area contributed by atoms with Crippen LogP contribution in [0.3, 0.4) is 0 Å². The van der Waals surface area contributed by atoms with Crippen molar-refractivity contribution in [2.75, 3.05) is 20.2 Å². The molecule has 5 nitrogen and oxygen atoms in total. The van der Waals surface area contributed by atoms with Crippen LogP contribution < -0.4 is 4.74 Å². The van der Waals surface area contributed by atoms with Gasteiger partial charge >= 0.3 is 5.97 Å². The molecule has 0 saturated carbocycles. The second-order valence-electron chi connectivity index (χ2n) is 4.19. The van der Waals surface area contributed by atoms with E-state index in [2.05, 4.69) is 0 Å². The lowest BCUT2D eigenvalue weighted by atomic mass is 10.3. The van der Waals surface area contributed by atoms with Crippen LogP contribution in [0.2, 0.25) is 0 Å². The Balaban J connectivity index is 2.58. The molecule has 0 aliphatic heterocycles. The molecular weight excluding hydrogens is 265 g/mol. The van der Waals surface area contributed by atoms with E-state index in [0.717, 1.165) is 0 Å². The molecule has 1 amide bonds. The van der Waals surface area contributed by atoms with E-state index in [0.29, 0.717) is 0 Å². The van der Waals surface area contributed by atoms with Crippen molar-refractivity contribution in [3.8, 4) is 5.75 Å². The van der Waals surface area contributed by atoms with Crippen molar-refractivity contribution in [2.24, 2.45) is 0 Å². The number of hydrogen-bond acceptors (Lipinski definition) is 4. The van der Waals surface area contributed by atoms with Gasteiger partial charge in [0.25, 0.3) is 5.91 Å². The van der Waals surface area contributed by atoms with Crippen LogP contribution in [-0.2, 0) is 14.3 Å². The maximum absolute atomic E-state index is 13.4. The van der Waals surface area contributed by atoms with Crippen molar-refractivity contribution in [2.45, 2.75) is 20.0 Å². The molecule has 0 bridgehead atoms. The first kappa shape index (κ1) is 15.9. The van der Waals surface area contributed by atoms with Crippen LogP contribution >= 0.6 is 0 Å². The molecule has 1 aromatic rings. The fraction of sp³-hybridized carbons (Fsp3) is 0.429. The zero-order valence-corrected chi connectivity index (χ0v) is 11.8. The smallest absolute Gasteiger partial charge is 0.325 e. The quantitative estimate of drug-likeness (QED) is 0.744. The number of carbonyl (C=O) groups is 2. The maximum atomic E-state index is 13.4. The van der Waals surface area contributed by atoms with Crippen molar-refractivity contribution < 1.29 is 23.5 Å². The number of likely N-dealkylation sites (N-methyl/N-ethyl adjacent to an activating group) is 1. The number of esters is 1. The molecule has 1 rings (SSSR count). The largest absolute Gasteiger partial charge is 0.478 e. The van der Waals surface area contributed by atoms with Crippen molar-refractivity contribution in [3.05, 3.63) is 30.1 Å². The number of benzene rings is 1. The predicted octanol–water partition coefficient (Wildman–Crippen LogP) is 1.61. The molecule has 20 heavy (non-hydrogen) atoms. The molecule has 6 heteroatoms. The van der Waals surface area contributed by atoms with Gasteiger partial charge in [0.15, 0.2) is 17.7 Å². The summed E-state index contributed by atoms with van der Waals surface area (Å²) in [6, 6.07) is 5.82. The maximum Gasteiger partial charge on any atom is 0.325 e. The zero-order chi connectivity index (χ0) is 15.1. The van der Waals surface area contributed by atoms with Crippen LogP contribution in [0.1, 0.15) is 13.8 Å². The van der Waals surface area contributed by atoms with E-state index in [1.807, 2.05) is 0 Å². The Bertz CT molecular complexity index is 478. The second-order valence-corrected chi connectivity index (χ2v) is 4.19.